The number of nitrogens with zero attached hydrogens (tertiary/aromatic N) is 1. The van der Waals surface area contributed by atoms with Gasteiger partial charge in [-0.1, -0.05) is 0 Å². The number of anilines is 1. The number of pyridine rings is 1. The molecule has 0 saturated heterocycles. The fourth-order valence-electron chi connectivity index (χ4n) is 1.46. The van der Waals surface area contributed by atoms with Crippen LogP contribution in [0.1, 0.15) is 41.6 Å². The molecular formula is C13H16N2O5. The predicted molar refractivity (Wildman–Crippen MR) is 70.5 cm³/mol. The number of hydrogen-bond acceptors (Lipinski definition) is 6. The van der Waals surface area contributed by atoms with Gasteiger partial charge in [0.25, 0.3) is 0 Å². The van der Waals surface area contributed by atoms with Gasteiger partial charge in [-0.2, -0.15) is 0 Å². The lowest BCUT2D eigenvalue weighted by Gasteiger charge is -2.09. The number of hydrogen-bond donors (Lipinski definition) is 1. The molecule has 0 aliphatic rings. The maximum absolute atomic E-state index is 11.8. The molecule has 1 amide bonds. The van der Waals surface area contributed by atoms with Crippen molar-refractivity contribution >= 4 is 23.5 Å². The maximum Gasteiger partial charge on any atom is 0.357 e. The Morgan fingerprint density at radius 1 is 1.15 bits per heavy atom. The molecule has 1 aromatic rings. The fraction of sp³-hybridized carbons (Fsp3) is 0.385. The first-order chi connectivity index (χ1) is 9.49. The van der Waals surface area contributed by atoms with E-state index in [0.717, 1.165) is 0 Å². The number of nitrogens with one attached hydrogen (secondary N) is 1. The number of carbonyl (C=O) groups excluding carboxylic acids is 3. The van der Waals surface area contributed by atoms with E-state index in [0.29, 0.717) is 5.69 Å². The second kappa shape index (κ2) is 7.22. The largest absolute Gasteiger partial charge is 0.462 e. The molecule has 0 saturated carbocycles. The molecule has 7 heteroatoms. The van der Waals surface area contributed by atoms with Crippen LogP contribution in [0.2, 0.25) is 0 Å². The molecule has 20 heavy (non-hydrogen) atoms. The highest BCUT2D eigenvalue weighted by Crippen LogP contribution is 2.15. The molecule has 0 fully saturated rings. The van der Waals surface area contributed by atoms with E-state index in [1.54, 1.807) is 13.8 Å². The van der Waals surface area contributed by atoms with Crippen molar-refractivity contribution in [1.82, 2.24) is 4.98 Å². The summed E-state index contributed by atoms with van der Waals surface area (Å²) in [5, 5.41) is 2.48. The second-order valence-corrected chi connectivity index (χ2v) is 3.74. The van der Waals surface area contributed by atoms with Gasteiger partial charge < -0.3 is 14.8 Å². The van der Waals surface area contributed by atoms with Crippen LogP contribution in [-0.4, -0.2) is 36.0 Å². The Morgan fingerprint density at radius 2 is 1.75 bits per heavy atom. The summed E-state index contributed by atoms with van der Waals surface area (Å²) in [6.45, 7) is 4.94. The molecule has 1 heterocycles. The Balaban J connectivity index is 3.18. The molecule has 0 radical (unpaired) electrons. The molecule has 1 N–H and O–H groups in total. The van der Waals surface area contributed by atoms with E-state index in [-0.39, 0.29) is 30.4 Å². The standard InChI is InChI=1S/C13H16N2O5/c1-4-19-12(17)10-6-9(15-8(3)16)7-14-11(10)13(18)20-5-2/h6-7H,4-5H2,1-3H3,(H,15,16). The molecule has 0 atom stereocenters. The maximum atomic E-state index is 11.8. The van der Waals surface area contributed by atoms with Gasteiger partial charge >= 0.3 is 11.9 Å². The summed E-state index contributed by atoms with van der Waals surface area (Å²) in [5.74, 6) is -1.73. The van der Waals surface area contributed by atoms with Crippen molar-refractivity contribution < 1.29 is 23.9 Å². The first-order valence-corrected chi connectivity index (χ1v) is 6.11. The third-order valence-electron chi connectivity index (χ3n) is 2.17. The number of amides is 1. The second-order valence-electron chi connectivity index (χ2n) is 3.74. The molecule has 0 bridgehead atoms. The lowest BCUT2D eigenvalue weighted by molar-refractivity contribution is -0.114. The predicted octanol–water partition coefficient (Wildman–Crippen LogP) is 1.39. The van der Waals surface area contributed by atoms with Crippen LogP contribution >= 0.6 is 0 Å². The van der Waals surface area contributed by atoms with Crippen molar-refractivity contribution in [3.8, 4) is 0 Å². The van der Waals surface area contributed by atoms with Crippen molar-refractivity contribution in [3.05, 3.63) is 23.5 Å². The summed E-state index contributed by atoms with van der Waals surface area (Å²) in [7, 11) is 0. The van der Waals surface area contributed by atoms with Crippen LogP contribution in [0.4, 0.5) is 5.69 Å². The molecule has 0 aliphatic heterocycles. The van der Waals surface area contributed by atoms with Gasteiger partial charge in [-0.25, -0.2) is 14.6 Å². The first-order valence-electron chi connectivity index (χ1n) is 6.11. The van der Waals surface area contributed by atoms with Gasteiger partial charge in [0.1, 0.15) is 0 Å². The summed E-state index contributed by atoms with van der Waals surface area (Å²) < 4.78 is 9.68. The van der Waals surface area contributed by atoms with Gasteiger partial charge in [0.15, 0.2) is 5.69 Å². The van der Waals surface area contributed by atoms with E-state index in [1.165, 1.54) is 19.2 Å². The van der Waals surface area contributed by atoms with E-state index < -0.39 is 11.9 Å². The summed E-state index contributed by atoms with van der Waals surface area (Å²) >= 11 is 0. The normalized spacial score (nSPS) is 9.75. The van der Waals surface area contributed by atoms with Crippen LogP contribution in [0, 0.1) is 0 Å². The van der Waals surface area contributed by atoms with Gasteiger partial charge in [0.05, 0.1) is 30.7 Å². The summed E-state index contributed by atoms with van der Waals surface area (Å²) in [5.41, 5.74) is 0.115. The first kappa shape index (κ1) is 15.6. The number of aromatic nitrogens is 1. The Morgan fingerprint density at radius 3 is 2.30 bits per heavy atom. The Kier molecular flexibility index (Phi) is 5.64. The van der Waals surface area contributed by atoms with Gasteiger partial charge in [0, 0.05) is 6.92 Å². The van der Waals surface area contributed by atoms with Crippen LogP contribution in [0.15, 0.2) is 12.3 Å². The molecule has 0 spiro atoms. The molecule has 0 aliphatic carbocycles. The summed E-state index contributed by atoms with van der Waals surface area (Å²) in [4.78, 5) is 38.4. The van der Waals surface area contributed by atoms with E-state index >= 15 is 0 Å². The highest BCUT2D eigenvalue weighted by atomic mass is 16.5. The van der Waals surface area contributed by atoms with E-state index in [9.17, 15) is 14.4 Å². The minimum absolute atomic E-state index is 0.0449. The van der Waals surface area contributed by atoms with E-state index in [1.807, 2.05) is 0 Å². The van der Waals surface area contributed by atoms with Gasteiger partial charge in [-0.15, -0.1) is 0 Å². The zero-order valence-corrected chi connectivity index (χ0v) is 11.6. The van der Waals surface area contributed by atoms with Crippen LogP contribution < -0.4 is 5.32 Å². The molecule has 7 nitrogen and oxygen atoms in total. The monoisotopic (exact) mass is 280 g/mol. The molecule has 0 unspecified atom stereocenters. The zero-order chi connectivity index (χ0) is 15.1. The number of rotatable bonds is 5. The molecule has 1 rings (SSSR count). The Hall–Kier alpha value is -2.44. The highest BCUT2D eigenvalue weighted by Gasteiger charge is 2.21. The quantitative estimate of drug-likeness (QED) is 0.819. The van der Waals surface area contributed by atoms with Crippen molar-refractivity contribution in [3.63, 3.8) is 0 Å². The lowest BCUT2D eigenvalue weighted by Crippen LogP contribution is -2.17. The average Bonchev–Trinajstić information content (AvgIpc) is 2.38. The number of ether oxygens (including phenoxy) is 2. The van der Waals surface area contributed by atoms with Crippen LogP contribution in [-0.2, 0) is 14.3 Å². The van der Waals surface area contributed by atoms with Crippen LogP contribution in [0.3, 0.4) is 0 Å². The van der Waals surface area contributed by atoms with E-state index in [4.69, 9.17) is 9.47 Å². The zero-order valence-electron chi connectivity index (χ0n) is 11.6. The van der Waals surface area contributed by atoms with Crippen LogP contribution in [0.5, 0.6) is 0 Å². The topological polar surface area (TPSA) is 94.6 Å². The average molecular weight is 280 g/mol. The van der Waals surface area contributed by atoms with Crippen molar-refractivity contribution in [2.45, 2.75) is 20.8 Å². The minimum Gasteiger partial charge on any atom is -0.462 e. The SMILES string of the molecule is CCOC(=O)c1cc(NC(C)=O)cnc1C(=O)OCC. The van der Waals surface area contributed by atoms with Gasteiger partial charge in [0.2, 0.25) is 5.91 Å². The lowest BCUT2D eigenvalue weighted by atomic mass is 10.1. The molecule has 1 aromatic heterocycles. The number of esters is 2. The summed E-state index contributed by atoms with van der Waals surface area (Å²) in [6.07, 6.45) is 1.27. The molecule has 108 valence electrons. The highest BCUT2D eigenvalue weighted by molar-refractivity contribution is 6.03. The van der Waals surface area contributed by atoms with Crippen LogP contribution in [0.25, 0.3) is 0 Å². The van der Waals surface area contributed by atoms with Gasteiger partial charge in [-0.05, 0) is 19.9 Å². The molecule has 0 aromatic carbocycles. The Bertz CT molecular complexity index is 527. The Labute approximate surface area is 116 Å². The van der Waals surface area contributed by atoms with Crippen molar-refractivity contribution in [2.24, 2.45) is 0 Å². The smallest absolute Gasteiger partial charge is 0.357 e. The molecular weight excluding hydrogens is 264 g/mol. The summed E-state index contributed by atoms with van der Waals surface area (Å²) in [6, 6.07) is 1.33. The van der Waals surface area contributed by atoms with Crippen molar-refractivity contribution in [1.29, 1.82) is 0 Å². The number of carbonyl (C=O) groups is 3. The third kappa shape index (κ3) is 4.04. The van der Waals surface area contributed by atoms with E-state index in [2.05, 4.69) is 10.3 Å². The van der Waals surface area contributed by atoms with Crippen molar-refractivity contribution in [2.75, 3.05) is 18.5 Å². The minimum atomic E-state index is -0.718. The fourth-order valence-corrected chi connectivity index (χ4v) is 1.46. The van der Waals surface area contributed by atoms with Gasteiger partial charge in [-0.3, -0.25) is 4.79 Å². The third-order valence-corrected chi connectivity index (χ3v) is 2.17.